The van der Waals surface area contributed by atoms with E-state index in [2.05, 4.69) is 6.07 Å². The van der Waals surface area contributed by atoms with Crippen molar-refractivity contribution in [3.05, 3.63) is 77.4 Å². The third-order valence-electron chi connectivity index (χ3n) is 5.18. The SMILES string of the molecule is COC1(OC)C(=O)N(Cc2ccc3ccccc3c2)c2ccc(C(N)=O)cc21. The van der Waals surface area contributed by atoms with Crippen molar-refractivity contribution in [2.45, 2.75) is 12.3 Å². The van der Waals surface area contributed by atoms with Crippen molar-refractivity contribution < 1.29 is 19.1 Å². The van der Waals surface area contributed by atoms with Crippen LogP contribution in [-0.4, -0.2) is 26.0 Å². The van der Waals surface area contributed by atoms with Gasteiger partial charge in [0.15, 0.2) is 0 Å². The Hall–Kier alpha value is -3.22. The van der Waals surface area contributed by atoms with Crippen LogP contribution in [0.4, 0.5) is 5.69 Å². The minimum atomic E-state index is -1.60. The predicted octanol–water partition coefficient (Wildman–Crippen LogP) is 2.93. The molecule has 1 aliphatic heterocycles. The van der Waals surface area contributed by atoms with Crippen molar-refractivity contribution in [2.75, 3.05) is 19.1 Å². The highest BCUT2D eigenvalue weighted by molar-refractivity contribution is 6.07. The van der Waals surface area contributed by atoms with Crippen LogP contribution < -0.4 is 10.6 Å². The third-order valence-corrected chi connectivity index (χ3v) is 5.18. The first-order valence-electron chi connectivity index (χ1n) is 8.84. The van der Waals surface area contributed by atoms with Crippen LogP contribution in [0.1, 0.15) is 21.5 Å². The Morgan fingerprint density at radius 2 is 1.71 bits per heavy atom. The highest BCUT2D eigenvalue weighted by Crippen LogP contribution is 2.44. The number of ether oxygens (including phenoxy) is 2. The van der Waals surface area contributed by atoms with Gasteiger partial charge in [0.2, 0.25) is 5.91 Å². The van der Waals surface area contributed by atoms with E-state index in [0.29, 0.717) is 17.8 Å². The van der Waals surface area contributed by atoms with Gasteiger partial charge in [-0.25, -0.2) is 0 Å². The van der Waals surface area contributed by atoms with Crippen molar-refractivity contribution in [1.29, 1.82) is 0 Å². The Morgan fingerprint density at radius 3 is 2.39 bits per heavy atom. The van der Waals surface area contributed by atoms with E-state index in [1.807, 2.05) is 36.4 Å². The lowest BCUT2D eigenvalue weighted by atomic mass is 10.0. The first-order chi connectivity index (χ1) is 13.5. The maximum absolute atomic E-state index is 13.3. The smallest absolute Gasteiger partial charge is 0.292 e. The Balaban J connectivity index is 1.79. The normalized spacial score (nSPS) is 15.1. The monoisotopic (exact) mass is 376 g/mol. The lowest BCUT2D eigenvalue weighted by Gasteiger charge is -2.25. The Bertz CT molecular complexity index is 1090. The molecule has 0 aliphatic carbocycles. The summed E-state index contributed by atoms with van der Waals surface area (Å²) in [5, 5.41) is 2.23. The summed E-state index contributed by atoms with van der Waals surface area (Å²) in [5.41, 5.74) is 7.77. The van der Waals surface area contributed by atoms with Crippen LogP contribution in [0.25, 0.3) is 10.8 Å². The molecule has 1 aliphatic rings. The van der Waals surface area contributed by atoms with Gasteiger partial charge in [-0.15, -0.1) is 0 Å². The first kappa shape index (κ1) is 18.2. The number of anilines is 1. The van der Waals surface area contributed by atoms with Crippen LogP contribution in [0.15, 0.2) is 60.7 Å². The summed E-state index contributed by atoms with van der Waals surface area (Å²) in [4.78, 5) is 26.5. The fourth-order valence-electron chi connectivity index (χ4n) is 3.75. The molecule has 3 aromatic rings. The predicted molar refractivity (Wildman–Crippen MR) is 106 cm³/mol. The molecule has 0 bridgehead atoms. The number of benzene rings is 3. The molecule has 0 unspecified atom stereocenters. The van der Waals surface area contributed by atoms with Crippen LogP contribution in [-0.2, 0) is 26.6 Å². The highest BCUT2D eigenvalue weighted by atomic mass is 16.7. The number of primary amides is 1. The standard InChI is InChI=1S/C22H20N2O4/c1-27-22(28-2)18-12-17(20(23)25)9-10-19(18)24(21(22)26)13-14-7-8-15-5-3-4-6-16(15)11-14/h3-12H,13H2,1-2H3,(H2,23,25). The van der Waals surface area contributed by atoms with Gasteiger partial charge in [0, 0.05) is 25.3 Å². The maximum atomic E-state index is 13.3. The number of methoxy groups -OCH3 is 2. The number of fused-ring (bicyclic) bond motifs is 2. The fraction of sp³-hybridized carbons (Fsp3) is 0.182. The molecule has 6 nitrogen and oxygen atoms in total. The topological polar surface area (TPSA) is 81.9 Å². The van der Waals surface area contributed by atoms with Crippen molar-refractivity contribution in [2.24, 2.45) is 5.73 Å². The van der Waals surface area contributed by atoms with Gasteiger partial charge in [0.1, 0.15) is 0 Å². The molecule has 0 radical (unpaired) electrons. The zero-order chi connectivity index (χ0) is 19.9. The summed E-state index contributed by atoms with van der Waals surface area (Å²) in [6.07, 6.45) is 0. The fourth-order valence-corrected chi connectivity index (χ4v) is 3.75. The molecule has 0 spiro atoms. The molecule has 4 rings (SSSR count). The summed E-state index contributed by atoms with van der Waals surface area (Å²) < 4.78 is 11.0. The number of carbonyl (C=O) groups excluding carboxylic acids is 2. The Labute approximate surface area is 162 Å². The van der Waals surface area contributed by atoms with E-state index in [4.69, 9.17) is 15.2 Å². The Morgan fingerprint density at radius 1 is 1.00 bits per heavy atom. The van der Waals surface area contributed by atoms with E-state index in [1.54, 1.807) is 23.1 Å². The quantitative estimate of drug-likeness (QED) is 0.694. The van der Waals surface area contributed by atoms with E-state index in [0.717, 1.165) is 16.3 Å². The van der Waals surface area contributed by atoms with Gasteiger partial charge >= 0.3 is 0 Å². The van der Waals surface area contributed by atoms with Crippen molar-refractivity contribution in [3.63, 3.8) is 0 Å². The number of nitrogens with two attached hydrogens (primary N) is 1. The summed E-state index contributed by atoms with van der Waals surface area (Å²) >= 11 is 0. The van der Waals surface area contributed by atoms with Gasteiger partial charge in [-0.3, -0.25) is 9.59 Å². The average Bonchev–Trinajstić information content (AvgIpc) is 2.95. The van der Waals surface area contributed by atoms with Crippen LogP contribution in [0, 0.1) is 0 Å². The van der Waals surface area contributed by atoms with Gasteiger partial charge in [-0.2, -0.15) is 0 Å². The molecule has 6 heteroatoms. The van der Waals surface area contributed by atoms with E-state index in [1.165, 1.54) is 14.2 Å². The second kappa shape index (κ2) is 6.74. The summed E-state index contributed by atoms with van der Waals surface area (Å²) in [7, 11) is 2.81. The molecule has 2 N–H and O–H groups in total. The van der Waals surface area contributed by atoms with Crippen LogP contribution in [0.5, 0.6) is 0 Å². The molecule has 0 fully saturated rings. The van der Waals surface area contributed by atoms with Crippen molar-refractivity contribution in [1.82, 2.24) is 0 Å². The molecular formula is C22H20N2O4. The van der Waals surface area contributed by atoms with Crippen molar-refractivity contribution in [3.8, 4) is 0 Å². The van der Waals surface area contributed by atoms with Crippen LogP contribution >= 0.6 is 0 Å². The second-order valence-electron chi connectivity index (χ2n) is 6.69. The van der Waals surface area contributed by atoms with E-state index < -0.39 is 11.7 Å². The number of amides is 2. The number of nitrogens with zero attached hydrogens (tertiary/aromatic N) is 1. The largest absolute Gasteiger partial charge is 0.366 e. The van der Waals surface area contributed by atoms with Crippen molar-refractivity contribution >= 4 is 28.3 Å². The molecule has 1 heterocycles. The number of rotatable bonds is 5. The molecule has 28 heavy (non-hydrogen) atoms. The molecule has 0 saturated heterocycles. The number of carbonyl (C=O) groups is 2. The number of hydrogen-bond acceptors (Lipinski definition) is 4. The second-order valence-corrected chi connectivity index (χ2v) is 6.69. The maximum Gasteiger partial charge on any atom is 0.292 e. The zero-order valence-electron chi connectivity index (χ0n) is 15.6. The molecule has 3 aromatic carbocycles. The molecule has 0 atom stereocenters. The summed E-state index contributed by atoms with van der Waals surface area (Å²) in [5.74, 6) is -2.52. The highest BCUT2D eigenvalue weighted by Gasteiger charge is 2.52. The molecule has 0 aromatic heterocycles. The Kier molecular flexibility index (Phi) is 4.37. The van der Waals surface area contributed by atoms with E-state index in [-0.39, 0.29) is 11.5 Å². The van der Waals surface area contributed by atoms with E-state index in [9.17, 15) is 9.59 Å². The average molecular weight is 376 g/mol. The molecule has 0 saturated carbocycles. The van der Waals surface area contributed by atoms with Gasteiger partial charge in [-0.05, 0) is 40.6 Å². The van der Waals surface area contributed by atoms with Gasteiger partial charge < -0.3 is 20.1 Å². The molecule has 2 amide bonds. The molecule has 142 valence electrons. The first-order valence-corrected chi connectivity index (χ1v) is 8.84. The minimum absolute atomic E-state index is 0.289. The van der Waals surface area contributed by atoms with E-state index >= 15 is 0 Å². The van der Waals surface area contributed by atoms with Gasteiger partial charge in [-0.1, -0.05) is 36.4 Å². The third kappa shape index (κ3) is 2.66. The lowest BCUT2D eigenvalue weighted by Crippen LogP contribution is -2.43. The van der Waals surface area contributed by atoms with Gasteiger partial charge in [0.05, 0.1) is 12.2 Å². The number of hydrogen-bond donors (Lipinski definition) is 1. The van der Waals surface area contributed by atoms with Gasteiger partial charge in [0.25, 0.3) is 11.7 Å². The summed E-state index contributed by atoms with van der Waals surface area (Å²) in [6.45, 7) is 0.348. The molecular weight excluding hydrogens is 356 g/mol. The summed E-state index contributed by atoms with van der Waals surface area (Å²) in [6, 6.07) is 19.0. The minimum Gasteiger partial charge on any atom is -0.366 e. The van der Waals surface area contributed by atoms with Crippen LogP contribution in [0.2, 0.25) is 0 Å². The lowest BCUT2D eigenvalue weighted by molar-refractivity contribution is -0.209. The zero-order valence-corrected chi connectivity index (χ0v) is 15.6. The van der Waals surface area contributed by atoms with Crippen LogP contribution in [0.3, 0.4) is 0 Å².